The zero-order valence-corrected chi connectivity index (χ0v) is 11.3. The quantitative estimate of drug-likeness (QED) is 0.628. The monoisotopic (exact) mass is 264 g/mol. The lowest BCUT2D eigenvalue weighted by Gasteiger charge is -2.38. The van der Waals surface area contributed by atoms with Crippen LogP contribution in [0.25, 0.3) is 0 Å². The highest BCUT2D eigenvalue weighted by atomic mass is 16.5. The Labute approximate surface area is 113 Å². The predicted molar refractivity (Wildman–Crippen MR) is 73.0 cm³/mol. The van der Waals surface area contributed by atoms with E-state index in [2.05, 4.69) is 0 Å². The number of ether oxygens (including phenoxy) is 1. The first-order valence-corrected chi connectivity index (χ1v) is 6.54. The first kappa shape index (κ1) is 13.7. The minimum atomic E-state index is -0.188. The summed E-state index contributed by atoms with van der Waals surface area (Å²) in [6, 6.07) is 4.89. The summed E-state index contributed by atoms with van der Waals surface area (Å²) in [6.07, 6.45) is 0.830. The number of nitrogen functional groups attached to an aromatic ring is 1. The van der Waals surface area contributed by atoms with Crippen LogP contribution in [0.15, 0.2) is 18.2 Å². The van der Waals surface area contributed by atoms with Gasteiger partial charge in [0.25, 0.3) is 5.91 Å². The van der Waals surface area contributed by atoms with E-state index in [0.717, 1.165) is 6.42 Å². The Hall–Kier alpha value is -1.75. The molecule has 1 aliphatic rings. The van der Waals surface area contributed by atoms with Gasteiger partial charge in [-0.3, -0.25) is 4.79 Å². The van der Waals surface area contributed by atoms with Gasteiger partial charge in [-0.05, 0) is 25.5 Å². The zero-order valence-electron chi connectivity index (χ0n) is 11.3. The van der Waals surface area contributed by atoms with Crippen LogP contribution in [0, 0.1) is 0 Å². The molecule has 1 fully saturated rings. The fraction of sp³-hybridized carbons (Fsp3) is 0.500. The highest BCUT2D eigenvalue weighted by Crippen LogP contribution is 2.27. The van der Waals surface area contributed by atoms with Crippen molar-refractivity contribution in [3.8, 4) is 5.75 Å². The zero-order chi connectivity index (χ0) is 14.0. The molecule has 0 radical (unpaired) electrons. The SMILES string of the molecule is CCC1COC(C)CN1C(=O)c1cccc(N)c1O. The van der Waals surface area contributed by atoms with Crippen LogP contribution in [-0.4, -0.2) is 41.2 Å². The average molecular weight is 264 g/mol. The fourth-order valence-electron chi connectivity index (χ4n) is 2.32. The molecule has 1 amide bonds. The first-order chi connectivity index (χ1) is 9.04. The Balaban J connectivity index is 2.28. The number of aromatic hydroxyl groups is 1. The van der Waals surface area contributed by atoms with E-state index in [9.17, 15) is 9.90 Å². The van der Waals surface area contributed by atoms with Crippen LogP contribution in [0.5, 0.6) is 5.75 Å². The van der Waals surface area contributed by atoms with E-state index in [1.54, 1.807) is 23.1 Å². The molecule has 2 atom stereocenters. The van der Waals surface area contributed by atoms with Crippen molar-refractivity contribution >= 4 is 11.6 Å². The topological polar surface area (TPSA) is 75.8 Å². The van der Waals surface area contributed by atoms with Crippen LogP contribution >= 0.6 is 0 Å². The molecule has 1 aliphatic heterocycles. The number of morpholine rings is 1. The molecule has 3 N–H and O–H groups in total. The Morgan fingerprint density at radius 3 is 3.00 bits per heavy atom. The summed E-state index contributed by atoms with van der Waals surface area (Å²) in [5.41, 5.74) is 6.12. The summed E-state index contributed by atoms with van der Waals surface area (Å²) in [6.45, 7) is 5.02. The minimum absolute atomic E-state index is 0.00921. The Morgan fingerprint density at radius 2 is 2.32 bits per heavy atom. The Morgan fingerprint density at radius 1 is 1.58 bits per heavy atom. The minimum Gasteiger partial charge on any atom is -0.505 e. The molecule has 0 bridgehead atoms. The van der Waals surface area contributed by atoms with E-state index >= 15 is 0 Å². The van der Waals surface area contributed by atoms with Gasteiger partial charge in [0.2, 0.25) is 0 Å². The maximum Gasteiger partial charge on any atom is 0.258 e. The van der Waals surface area contributed by atoms with Gasteiger partial charge in [-0.2, -0.15) is 0 Å². The van der Waals surface area contributed by atoms with E-state index < -0.39 is 0 Å². The van der Waals surface area contributed by atoms with Crippen LogP contribution in [0.3, 0.4) is 0 Å². The second-order valence-electron chi connectivity index (χ2n) is 4.91. The van der Waals surface area contributed by atoms with Gasteiger partial charge in [-0.25, -0.2) is 0 Å². The molecule has 0 aliphatic carbocycles. The standard InChI is InChI=1S/C14H20N2O3/c1-3-10-8-19-9(2)7-16(10)14(18)11-5-4-6-12(15)13(11)17/h4-6,9-10,17H,3,7-8,15H2,1-2H3. The van der Waals surface area contributed by atoms with Crippen molar-refractivity contribution in [2.75, 3.05) is 18.9 Å². The number of carbonyl (C=O) groups excluding carboxylic acids is 1. The van der Waals surface area contributed by atoms with Crippen LogP contribution in [0.2, 0.25) is 0 Å². The highest BCUT2D eigenvalue weighted by molar-refractivity contribution is 5.98. The molecule has 2 unspecified atom stereocenters. The van der Waals surface area contributed by atoms with E-state index in [0.29, 0.717) is 13.2 Å². The maximum absolute atomic E-state index is 12.5. The van der Waals surface area contributed by atoms with Crippen molar-refractivity contribution in [3.63, 3.8) is 0 Å². The van der Waals surface area contributed by atoms with Gasteiger partial charge in [0.1, 0.15) is 0 Å². The highest BCUT2D eigenvalue weighted by Gasteiger charge is 2.31. The third kappa shape index (κ3) is 2.66. The number of hydrogen-bond acceptors (Lipinski definition) is 4. The van der Waals surface area contributed by atoms with E-state index in [4.69, 9.17) is 10.5 Å². The first-order valence-electron chi connectivity index (χ1n) is 6.54. The number of nitrogens with zero attached hydrogens (tertiary/aromatic N) is 1. The summed E-state index contributed by atoms with van der Waals surface area (Å²) in [7, 11) is 0. The van der Waals surface area contributed by atoms with Gasteiger partial charge in [-0.1, -0.05) is 13.0 Å². The summed E-state index contributed by atoms with van der Waals surface area (Å²) in [4.78, 5) is 14.3. The van der Waals surface area contributed by atoms with Crippen LogP contribution in [0.4, 0.5) is 5.69 Å². The summed E-state index contributed by atoms with van der Waals surface area (Å²) in [5.74, 6) is -0.326. The second kappa shape index (κ2) is 5.48. The van der Waals surface area contributed by atoms with Crippen LogP contribution in [0.1, 0.15) is 30.6 Å². The number of phenols is 1. The Kier molecular flexibility index (Phi) is 3.95. The number of benzene rings is 1. The Bertz CT molecular complexity index is 476. The number of para-hydroxylation sites is 1. The lowest BCUT2D eigenvalue weighted by Crippen LogP contribution is -2.51. The summed E-state index contributed by atoms with van der Waals surface area (Å²) < 4.78 is 5.57. The lowest BCUT2D eigenvalue weighted by molar-refractivity contribution is -0.0444. The molecule has 19 heavy (non-hydrogen) atoms. The van der Waals surface area contributed by atoms with Gasteiger partial charge in [-0.15, -0.1) is 0 Å². The number of amides is 1. The number of carbonyl (C=O) groups is 1. The molecule has 0 saturated carbocycles. The van der Waals surface area contributed by atoms with Crippen molar-refractivity contribution in [3.05, 3.63) is 23.8 Å². The van der Waals surface area contributed by atoms with Crippen molar-refractivity contribution in [1.29, 1.82) is 0 Å². The number of anilines is 1. The molecule has 1 aromatic carbocycles. The van der Waals surface area contributed by atoms with Crippen molar-refractivity contribution in [2.24, 2.45) is 0 Å². The molecule has 5 heteroatoms. The third-order valence-electron chi connectivity index (χ3n) is 3.50. The molecule has 5 nitrogen and oxygen atoms in total. The number of hydrogen-bond donors (Lipinski definition) is 2. The van der Waals surface area contributed by atoms with Crippen LogP contribution < -0.4 is 5.73 Å². The van der Waals surface area contributed by atoms with Gasteiger partial charge in [0, 0.05) is 6.54 Å². The normalized spacial score (nSPS) is 23.4. The van der Waals surface area contributed by atoms with Crippen molar-refractivity contribution in [1.82, 2.24) is 4.90 Å². The van der Waals surface area contributed by atoms with Gasteiger partial charge in [0.05, 0.1) is 30.0 Å². The molecular weight excluding hydrogens is 244 g/mol. The van der Waals surface area contributed by atoms with Crippen molar-refractivity contribution in [2.45, 2.75) is 32.4 Å². The molecule has 0 aromatic heterocycles. The molecule has 1 saturated heterocycles. The lowest BCUT2D eigenvalue weighted by atomic mass is 10.1. The average Bonchev–Trinajstić information content (AvgIpc) is 2.41. The van der Waals surface area contributed by atoms with Crippen LogP contribution in [-0.2, 0) is 4.74 Å². The largest absolute Gasteiger partial charge is 0.505 e. The third-order valence-corrected chi connectivity index (χ3v) is 3.50. The molecule has 104 valence electrons. The summed E-state index contributed by atoms with van der Waals surface area (Å²) >= 11 is 0. The van der Waals surface area contributed by atoms with E-state index in [1.165, 1.54) is 0 Å². The van der Waals surface area contributed by atoms with Gasteiger partial charge < -0.3 is 20.5 Å². The molecule has 2 rings (SSSR count). The number of rotatable bonds is 2. The van der Waals surface area contributed by atoms with Gasteiger partial charge in [0.15, 0.2) is 5.75 Å². The van der Waals surface area contributed by atoms with Gasteiger partial charge >= 0.3 is 0 Å². The predicted octanol–water partition coefficient (Wildman–Crippen LogP) is 1.61. The summed E-state index contributed by atoms with van der Waals surface area (Å²) in [5, 5.41) is 9.92. The van der Waals surface area contributed by atoms with Crippen molar-refractivity contribution < 1.29 is 14.6 Å². The van der Waals surface area contributed by atoms with E-state index in [-0.39, 0.29) is 35.1 Å². The van der Waals surface area contributed by atoms with E-state index in [1.807, 2.05) is 13.8 Å². The second-order valence-corrected chi connectivity index (χ2v) is 4.91. The number of phenolic OH excluding ortho intramolecular Hbond substituents is 1. The smallest absolute Gasteiger partial charge is 0.258 e. The molecule has 1 aromatic rings. The number of nitrogens with two attached hydrogens (primary N) is 1. The fourth-order valence-corrected chi connectivity index (χ4v) is 2.32. The molecule has 0 spiro atoms. The molecular formula is C14H20N2O3. The molecule has 1 heterocycles. The maximum atomic E-state index is 12.5.